The standard InChI is InChI=1S/C27H24F2N6O4/c1-3-37-25-15(9-30)6-16(10-33-25)18-11-32-24-22(18)21(4-5-31-24)39-23-19(28)7-17(8-20(23)29)35-26-34-12-27(2,13-36)14-38-26/h4-8,10-11,36H,3,12-14H2,1-2H3,(H,31,32)(H,34,35). The largest absolute Gasteiger partial charge is 0.477 e. The summed E-state index contributed by atoms with van der Waals surface area (Å²) >= 11 is 0. The number of H-pyrrole nitrogens is 1. The lowest BCUT2D eigenvalue weighted by atomic mass is 9.93. The van der Waals surface area contributed by atoms with E-state index in [1.807, 2.05) is 6.92 Å². The Kier molecular flexibility index (Phi) is 7.00. The highest BCUT2D eigenvalue weighted by molar-refractivity contribution is 5.98. The molecule has 0 fully saturated rings. The minimum atomic E-state index is -0.953. The molecule has 0 bridgehead atoms. The second-order valence-electron chi connectivity index (χ2n) is 9.23. The number of aliphatic imine (C=N–C) groups is 1. The number of pyridine rings is 2. The second-order valence-corrected chi connectivity index (χ2v) is 9.23. The predicted molar refractivity (Wildman–Crippen MR) is 139 cm³/mol. The Balaban J connectivity index is 1.45. The van der Waals surface area contributed by atoms with E-state index >= 15 is 8.78 Å². The molecule has 3 aromatic heterocycles. The molecule has 200 valence electrons. The third kappa shape index (κ3) is 5.17. The first-order valence-electron chi connectivity index (χ1n) is 12.1. The summed E-state index contributed by atoms with van der Waals surface area (Å²) < 4.78 is 46.8. The van der Waals surface area contributed by atoms with Gasteiger partial charge in [-0.2, -0.15) is 5.26 Å². The number of aromatic amines is 1. The first-order chi connectivity index (χ1) is 18.8. The highest BCUT2D eigenvalue weighted by Crippen LogP contribution is 2.39. The van der Waals surface area contributed by atoms with Crippen LogP contribution in [0.2, 0.25) is 0 Å². The number of amidine groups is 1. The minimum absolute atomic E-state index is 0.0791. The fourth-order valence-electron chi connectivity index (χ4n) is 4.00. The number of fused-ring (bicyclic) bond motifs is 1. The zero-order valence-corrected chi connectivity index (χ0v) is 21.1. The molecule has 1 aliphatic heterocycles. The topological polar surface area (TPSA) is 138 Å². The Labute approximate surface area is 221 Å². The Morgan fingerprint density at radius 2 is 2.05 bits per heavy atom. The normalized spacial score (nSPS) is 16.8. The van der Waals surface area contributed by atoms with Crippen molar-refractivity contribution in [1.29, 1.82) is 5.26 Å². The lowest BCUT2D eigenvalue weighted by molar-refractivity contribution is 0.0706. The van der Waals surface area contributed by atoms with Crippen molar-refractivity contribution in [2.24, 2.45) is 10.4 Å². The van der Waals surface area contributed by atoms with Crippen molar-refractivity contribution < 1.29 is 28.1 Å². The van der Waals surface area contributed by atoms with Crippen molar-refractivity contribution in [3.05, 3.63) is 60.1 Å². The highest BCUT2D eigenvalue weighted by atomic mass is 19.1. The van der Waals surface area contributed by atoms with Gasteiger partial charge in [-0.15, -0.1) is 0 Å². The molecule has 1 aliphatic rings. The van der Waals surface area contributed by atoms with Crippen molar-refractivity contribution in [3.8, 4) is 34.6 Å². The number of nitrogens with one attached hydrogen (secondary N) is 2. The number of halogens is 2. The van der Waals surface area contributed by atoms with Gasteiger partial charge in [0.1, 0.15) is 29.6 Å². The minimum Gasteiger partial charge on any atom is -0.477 e. The zero-order valence-electron chi connectivity index (χ0n) is 21.1. The summed E-state index contributed by atoms with van der Waals surface area (Å²) in [6, 6.07) is 7.39. The van der Waals surface area contributed by atoms with Crippen LogP contribution in [0.3, 0.4) is 0 Å². The van der Waals surface area contributed by atoms with Crippen LogP contribution >= 0.6 is 0 Å². The number of anilines is 1. The van der Waals surface area contributed by atoms with Crippen LogP contribution in [0.4, 0.5) is 14.5 Å². The van der Waals surface area contributed by atoms with E-state index in [0.29, 0.717) is 35.3 Å². The molecule has 0 aliphatic carbocycles. The van der Waals surface area contributed by atoms with Crippen molar-refractivity contribution >= 4 is 22.7 Å². The molecule has 0 saturated carbocycles. The molecular formula is C27H24F2N6O4. The Morgan fingerprint density at radius 1 is 1.26 bits per heavy atom. The summed E-state index contributed by atoms with van der Waals surface area (Å²) in [5, 5.41) is 22.1. The molecule has 1 unspecified atom stereocenters. The number of rotatable bonds is 7. The molecule has 10 nitrogen and oxygen atoms in total. The van der Waals surface area contributed by atoms with Gasteiger partial charge in [-0.25, -0.2) is 23.7 Å². The second kappa shape index (κ2) is 10.5. The van der Waals surface area contributed by atoms with E-state index in [-0.39, 0.29) is 42.1 Å². The molecular weight excluding hydrogens is 510 g/mol. The molecule has 12 heteroatoms. The molecule has 5 rings (SSSR count). The van der Waals surface area contributed by atoms with Crippen molar-refractivity contribution in [2.75, 3.05) is 31.7 Å². The number of nitriles is 1. The number of ether oxygens (including phenoxy) is 3. The van der Waals surface area contributed by atoms with Crippen LogP contribution in [-0.2, 0) is 4.74 Å². The fraction of sp³-hybridized carbons (Fsp3) is 0.259. The monoisotopic (exact) mass is 534 g/mol. The Hall–Kier alpha value is -4.76. The van der Waals surface area contributed by atoms with Gasteiger partial charge in [-0.1, -0.05) is 6.92 Å². The molecule has 0 saturated heterocycles. The quantitative estimate of drug-likeness (QED) is 0.309. The van der Waals surface area contributed by atoms with Gasteiger partial charge >= 0.3 is 0 Å². The maximum Gasteiger partial charge on any atom is 0.289 e. The lowest BCUT2D eigenvalue weighted by Crippen LogP contribution is -2.38. The van der Waals surface area contributed by atoms with E-state index in [0.717, 1.165) is 12.1 Å². The van der Waals surface area contributed by atoms with E-state index in [1.54, 1.807) is 19.2 Å². The van der Waals surface area contributed by atoms with E-state index in [4.69, 9.17) is 14.2 Å². The van der Waals surface area contributed by atoms with Crippen LogP contribution < -0.4 is 14.8 Å². The number of nitrogens with zero attached hydrogens (tertiary/aromatic N) is 4. The van der Waals surface area contributed by atoms with E-state index in [1.165, 1.54) is 18.5 Å². The predicted octanol–water partition coefficient (Wildman–Crippen LogP) is 4.76. The fourth-order valence-corrected chi connectivity index (χ4v) is 4.00. The highest BCUT2D eigenvalue weighted by Gasteiger charge is 2.29. The third-order valence-corrected chi connectivity index (χ3v) is 6.10. The van der Waals surface area contributed by atoms with Crippen LogP contribution in [0.1, 0.15) is 19.4 Å². The third-order valence-electron chi connectivity index (χ3n) is 6.10. The van der Waals surface area contributed by atoms with Crippen LogP contribution in [0.15, 0.2) is 47.8 Å². The number of hydrogen-bond donors (Lipinski definition) is 3. The molecule has 1 atom stereocenters. The number of benzene rings is 1. The SMILES string of the molecule is CCOc1ncc(-c2c[nH]c3nccc(Oc4c(F)cc(NC5=NCC(C)(CO)CO5)cc4F)c23)cc1C#N. The van der Waals surface area contributed by atoms with E-state index in [2.05, 4.69) is 31.3 Å². The Bertz CT molecular complexity index is 1590. The van der Waals surface area contributed by atoms with Crippen molar-refractivity contribution in [2.45, 2.75) is 13.8 Å². The summed E-state index contributed by atoms with van der Waals surface area (Å²) in [5.41, 5.74) is 1.35. The van der Waals surface area contributed by atoms with Gasteiger partial charge in [0.25, 0.3) is 6.02 Å². The van der Waals surface area contributed by atoms with Crippen molar-refractivity contribution in [1.82, 2.24) is 15.0 Å². The maximum absolute atomic E-state index is 15.1. The first kappa shape index (κ1) is 25.9. The molecule has 4 heterocycles. The Morgan fingerprint density at radius 3 is 2.72 bits per heavy atom. The summed E-state index contributed by atoms with van der Waals surface area (Å²) in [5.74, 6) is -2.16. The maximum atomic E-state index is 15.1. The lowest BCUT2D eigenvalue weighted by Gasteiger charge is -2.30. The molecule has 4 aromatic rings. The number of aliphatic hydroxyl groups is 1. The molecule has 1 aromatic carbocycles. The summed E-state index contributed by atoms with van der Waals surface area (Å²) in [7, 11) is 0. The van der Waals surface area contributed by atoms with Gasteiger partial charge in [-0.3, -0.25) is 0 Å². The summed E-state index contributed by atoms with van der Waals surface area (Å²) in [6.45, 7) is 4.37. The molecule has 39 heavy (non-hydrogen) atoms. The molecule has 3 N–H and O–H groups in total. The van der Waals surface area contributed by atoms with Crippen LogP contribution in [0.25, 0.3) is 22.2 Å². The average Bonchev–Trinajstić information content (AvgIpc) is 3.38. The van der Waals surface area contributed by atoms with Gasteiger partial charge < -0.3 is 29.6 Å². The van der Waals surface area contributed by atoms with Gasteiger partial charge in [0.05, 0.1) is 25.1 Å². The first-order valence-corrected chi connectivity index (χ1v) is 12.1. The van der Waals surface area contributed by atoms with Gasteiger partial charge in [0.15, 0.2) is 17.4 Å². The van der Waals surface area contributed by atoms with Crippen LogP contribution in [0.5, 0.6) is 17.4 Å². The molecule has 0 amide bonds. The number of hydrogen-bond acceptors (Lipinski definition) is 9. The smallest absolute Gasteiger partial charge is 0.289 e. The molecule has 0 spiro atoms. The zero-order chi connectivity index (χ0) is 27.6. The van der Waals surface area contributed by atoms with Gasteiger partial charge in [0.2, 0.25) is 5.88 Å². The summed E-state index contributed by atoms with van der Waals surface area (Å²) in [4.78, 5) is 15.7. The van der Waals surface area contributed by atoms with Crippen LogP contribution in [0, 0.1) is 28.4 Å². The van der Waals surface area contributed by atoms with Gasteiger partial charge in [0, 0.05) is 53.0 Å². The van der Waals surface area contributed by atoms with Crippen molar-refractivity contribution in [3.63, 3.8) is 0 Å². The molecule has 0 radical (unpaired) electrons. The van der Waals surface area contributed by atoms with Crippen LogP contribution in [-0.4, -0.2) is 52.4 Å². The number of aromatic nitrogens is 3. The number of aliphatic hydroxyl groups excluding tert-OH is 1. The van der Waals surface area contributed by atoms with Gasteiger partial charge in [-0.05, 0) is 19.1 Å². The van der Waals surface area contributed by atoms with E-state index < -0.39 is 22.8 Å². The average molecular weight is 535 g/mol. The summed E-state index contributed by atoms with van der Waals surface area (Å²) in [6.07, 6.45) is 4.63. The van der Waals surface area contributed by atoms with E-state index in [9.17, 15) is 10.4 Å².